The first-order valence-corrected chi connectivity index (χ1v) is 10.8. The Kier molecular flexibility index (Phi) is 5.85. The van der Waals surface area contributed by atoms with E-state index in [0.29, 0.717) is 5.92 Å². The highest BCUT2D eigenvalue weighted by Gasteiger charge is 2.50. The Morgan fingerprint density at radius 2 is 1.73 bits per heavy atom. The highest BCUT2D eigenvalue weighted by molar-refractivity contribution is 5.65. The first kappa shape index (κ1) is 19.1. The summed E-state index contributed by atoms with van der Waals surface area (Å²) in [5.74, 6) is 0.608. The minimum absolute atomic E-state index is 0.204. The van der Waals surface area contributed by atoms with Gasteiger partial charge in [-0.1, -0.05) is 52.7 Å². The van der Waals surface area contributed by atoms with Gasteiger partial charge in [0.05, 0.1) is 5.56 Å². The molecule has 1 aliphatic heterocycles. The Hall–Kier alpha value is -1.63. The Labute approximate surface area is 160 Å². The van der Waals surface area contributed by atoms with E-state index in [2.05, 4.69) is 75.7 Å². The topological polar surface area (TPSA) is 3.88 Å². The number of aromatic nitrogens is 1. The summed E-state index contributed by atoms with van der Waals surface area (Å²) in [6.07, 6.45) is 11.0. The molecule has 1 atom stereocenters. The quantitative estimate of drug-likeness (QED) is 0.489. The zero-order valence-corrected chi connectivity index (χ0v) is 17.4. The van der Waals surface area contributed by atoms with Crippen LogP contribution in [0, 0.1) is 6.92 Å². The maximum atomic E-state index is 2.65. The van der Waals surface area contributed by atoms with Crippen molar-refractivity contribution in [3.05, 3.63) is 53.2 Å². The third kappa shape index (κ3) is 3.10. The zero-order valence-electron chi connectivity index (χ0n) is 17.4. The van der Waals surface area contributed by atoms with E-state index in [9.17, 15) is 0 Å². The SMILES string of the molecule is CCCCc1ccc2c(c1)-c1ccc(C)c[n+]1C(CC)(CC)C2CCC. The van der Waals surface area contributed by atoms with Crippen LogP contribution in [0.15, 0.2) is 36.5 Å². The lowest BCUT2D eigenvalue weighted by Crippen LogP contribution is -2.62. The summed E-state index contributed by atoms with van der Waals surface area (Å²) in [5.41, 5.74) is 7.54. The fourth-order valence-corrected chi connectivity index (χ4v) is 5.11. The summed E-state index contributed by atoms with van der Waals surface area (Å²) in [6.45, 7) is 11.6. The third-order valence-corrected chi connectivity index (χ3v) is 6.61. The molecule has 0 fully saturated rings. The maximum absolute atomic E-state index is 2.65. The normalized spacial score (nSPS) is 17.7. The van der Waals surface area contributed by atoms with Crippen molar-refractivity contribution in [3.8, 4) is 11.3 Å². The van der Waals surface area contributed by atoms with Gasteiger partial charge in [-0.3, -0.25) is 0 Å². The van der Waals surface area contributed by atoms with Crippen molar-refractivity contribution in [2.45, 2.75) is 91.0 Å². The number of pyridine rings is 1. The van der Waals surface area contributed by atoms with Gasteiger partial charge in [0.15, 0.2) is 11.7 Å². The standard InChI is InChI=1S/C25H36N/c1-6-10-12-20-14-15-21-22(17-20)24-16-13-19(5)18-26(24)25(8-3,9-4)23(21)11-7-2/h13-18,23H,6-12H2,1-5H3/q+1. The number of unbranched alkanes of at least 4 members (excludes halogenated alkanes) is 1. The van der Waals surface area contributed by atoms with Crippen molar-refractivity contribution >= 4 is 0 Å². The molecule has 1 aromatic carbocycles. The van der Waals surface area contributed by atoms with Gasteiger partial charge in [-0.25, -0.2) is 0 Å². The highest BCUT2D eigenvalue weighted by atomic mass is 15.1. The van der Waals surface area contributed by atoms with Crippen molar-refractivity contribution in [2.75, 3.05) is 0 Å². The minimum atomic E-state index is 0.204. The second kappa shape index (κ2) is 7.94. The number of hydrogen-bond donors (Lipinski definition) is 0. The van der Waals surface area contributed by atoms with E-state index in [0.717, 1.165) is 0 Å². The third-order valence-electron chi connectivity index (χ3n) is 6.61. The van der Waals surface area contributed by atoms with Crippen molar-refractivity contribution in [1.29, 1.82) is 0 Å². The smallest absolute Gasteiger partial charge is 0.192 e. The Morgan fingerprint density at radius 1 is 0.962 bits per heavy atom. The van der Waals surface area contributed by atoms with E-state index in [-0.39, 0.29) is 5.54 Å². The van der Waals surface area contributed by atoms with Gasteiger partial charge in [0, 0.05) is 30.4 Å². The molecule has 0 amide bonds. The molecule has 0 aliphatic carbocycles. The molecular formula is C25H36N+. The Bertz CT molecular complexity index is 755. The molecule has 2 aromatic rings. The highest BCUT2D eigenvalue weighted by Crippen LogP contribution is 2.47. The van der Waals surface area contributed by atoms with E-state index >= 15 is 0 Å². The first-order valence-electron chi connectivity index (χ1n) is 10.8. The number of fused-ring (bicyclic) bond motifs is 3. The molecule has 1 aromatic heterocycles. The molecule has 1 heteroatoms. The molecule has 0 bridgehead atoms. The molecule has 0 saturated heterocycles. The number of rotatable bonds is 7. The van der Waals surface area contributed by atoms with E-state index in [1.54, 1.807) is 5.56 Å². The van der Waals surface area contributed by atoms with Gasteiger partial charge < -0.3 is 0 Å². The number of hydrogen-bond acceptors (Lipinski definition) is 0. The van der Waals surface area contributed by atoms with Crippen molar-refractivity contribution in [2.24, 2.45) is 0 Å². The van der Waals surface area contributed by atoms with Gasteiger partial charge in [0.1, 0.15) is 0 Å². The molecular weight excluding hydrogens is 314 g/mol. The van der Waals surface area contributed by atoms with Crippen molar-refractivity contribution < 1.29 is 4.57 Å². The number of nitrogens with zero attached hydrogens (tertiary/aromatic N) is 1. The first-order chi connectivity index (χ1) is 12.6. The fourth-order valence-electron chi connectivity index (χ4n) is 5.11. The van der Waals surface area contributed by atoms with E-state index < -0.39 is 0 Å². The minimum Gasteiger partial charge on any atom is -0.192 e. The molecule has 0 radical (unpaired) electrons. The molecule has 1 unspecified atom stereocenters. The average Bonchev–Trinajstić information content (AvgIpc) is 2.67. The van der Waals surface area contributed by atoms with Gasteiger partial charge >= 0.3 is 0 Å². The van der Waals surface area contributed by atoms with E-state index in [1.165, 1.54) is 67.3 Å². The van der Waals surface area contributed by atoms with Crippen LogP contribution in [0.2, 0.25) is 0 Å². The van der Waals surface area contributed by atoms with Crippen LogP contribution in [0.1, 0.15) is 88.8 Å². The summed E-state index contributed by atoms with van der Waals surface area (Å²) < 4.78 is 2.65. The lowest BCUT2D eigenvalue weighted by molar-refractivity contribution is -0.763. The van der Waals surface area contributed by atoms with Crippen molar-refractivity contribution in [3.63, 3.8) is 0 Å². The maximum Gasteiger partial charge on any atom is 0.213 e. The lowest BCUT2D eigenvalue weighted by Gasteiger charge is -2.40. The predicted octanol–water partition coefficient (Wildman–Crippen LogP) is 6.70. The molecule has 3 rings (SSSR count). The summed E-state index contributed by atoms with van der Waals surface area (Å²) in [4.78, 5) is 0. The molecule has 0 N–H and O–H groups in total. The Balaban J connectivity index is 2.24. The number of benzene rings is 1. The van der Waals surface area contributed by atoms with Crippen LogP contribution in [-0.4, -0.2) is 0 Å². The second-order valence-corrected chi connectivity index (χ2v) is 8.14. The molecule has 26 heavy (non-hydrogen) atoms. The van der Waals surface area contributed by atoms with Gasteiger partial charge in [-0.2, -0.15) is 4.57 Å². The summed E-state index contributed by atoms with van der Waals surface area (Å²) in [5, 5.41) is 0. The van der Waals surface area contributed by atoms with Gasteiger partial charge in [-0.05, 0) is 49.4 Å². The predicted molar refractivity (Wildman–Crippen MR) is 112 cm³/mol. The van der Waals surface area contributed by atoms with Gasteiger partial charge in [0.2, 0.25) is 5.69 Å². The van der Waals surface area contributed by atoms with Crippen LogP contribution >= 0.6 is 0 Å². The lowest BCUT2D eigenvalue weighted by atomic mass is 9.68. The van der Waals surface area contributed by atoms with Crippen LogP contribution in [-0.2, 0) is 12.0 Å². The average molecular weight is 351 g/mol. The Morgan fingerprint density at radius 3 is 2.38 bits per heavy atom. The van der Waals surface area contributed by atoms with Crippen LogP contribution in [0.5, 0.6) is 0 Å². The number of aryl methyl sites for hydroxylation is 2. The zero-order chi connectivity index (χ0) is 18.7. The summed E-state index contributed by atoms with van der Waals surface area (Å²) in [6, 6.07) is 12.0. The molecule has 1 aliphatic rings. The van der Waals surface area contributed by atoms with Gasteiger partial charge in [0.25, 0.3) is 0 Å². The van der Waals surface area contributed by atoms with Crippen LogP contribution in [0.4, 0.5) is 0 Å². The van der Waals surface area contributed by atoms with Gasteiger partial charge in [-0.15, -0.1) is 0 Å². The van der Waals surface area contributed by atoms with Crippen LogP contribution in [0.3, 0.4) is 0 Å². The molecule has 0 saturated carbocycles. The summed E-state index contributed by atoms with van der Waals surface area (Å²) in [7, 11) is 0. The largest absolute Gasteiger partial charge is 0.213 e. The van der Waals surface area contributed by atoms with E-state index in [4.69, 9.17) is 0 Å². The second-order valence-electron chi connectivity index (χ2n) is 8.14. The van der Waals surface area contributed by atoms with Crippen LogP contribution in [0.25, 0.3) is 11.3 Å². The monoisotopic (exact) mass is 350 g/mol. The van der Waals surface area contributed by atoms with Crippen LogP contribution < -0.4 is 4.57 Å². The van der Waals surface area contributed by atoms with Crippen molar-refractivity contribution in [1.82, 2.24) is 0 Å². The molecule has 140 valence electrons. The fraction of sp³-hybridized carbons (Fsp3) is 0.560. The molecule has 1 nitrogen and oxygen atoms in total. The molecule has 0 spiro atoms. The summed E-state index contributed by atoms with van der Waals surface area (Å²) >= 11 is 0. The molecule has 2 heterocycles. The van der Waals surface area contributed by atoms with E-state index in [1.807, 2.05) is 0 Å².